The maximum absolute atomic E-state index is 5.41. The second-order valence-electron chi connectivity index (χ2n) is 2.95. The lowest BCUT2D eigenvalue weighted by Crippen LogP contribution is -2.06. The summed E-state index contributed by atoms with van der Waals surface area (Å²) in [6, 6.07) is 0. The van der Waals surface area contributed by atoms with E-state index in [2.05, 4.69) is 18.2 Å². The summed E-state index contributed by atoms with van der Waals surface area (Å²) in [5.41, 5.74) is 6.64. The van der Waals surface area contributed by atoms with Crippen molar-refractivity contribution in [3.05, 3.63) is 23.8 Å². The maximum Gasteiger partial charge on any atom is 0.0713 e. The summed E-state index contributed by atoms with van der Waals surface area (Å²) in [5.74, 6) is 0. The highest BCUT2D eigenvalue weighted by atomic mass is 16.5. The van der Waals surface area contributed by atoms with Gasteiger partial charge in [0.05, 0.1) is 6.61 Å². The molecule has 0 unspecified atom stereocenters. The Hall–Kier alpha value is -0.600. The highest BCUT2D eigenvalue weighted by molar-refractivity contribution is 5.22. The summed E-state index contributed by atoms with van der Waals surface area (Å²) in [5, 5.41) is 0. The molecule has 0 saturated heterocycles. The fraction of sp³-hybridized carbons (Fsp3) is 0.600. The first kappa shape index (κ1) is 9.49. The monoisotopic (exact) mass is 167 g/mol. The summed E-state index contributed by atoms with van der Waals surface area (Å²) in [4.78, 5) is 0. The zero-order chi connectivity index (χ0) is 8.65. The molecule has 0 amide bonds. The number of allylic oxidation sites excluding steroid dienone is 2. The molecule has 1 aliphatic carbocycles. The van der Waals surface area contributed by atoms with Gasteiger partial charge in [0.2, 0.25) is 0 Å². The predicted octanol–water partition coefficient (Wildman–Crippen LogP) is 1.63. The molecule has 0 aromatic heterocycles. The number of hydrogen-bond acceptors (Lipinski definition) is 2. The molecule has 1 aliphatic rings. The maximum atomic E-state index is 5.41. The summed E-state index contributed by atoms with van der Waals surface area (Å²) in [6.07, 6.45) is 9.87. The Kier molecular flexibility index (Phi) is 4.73. The van der Waals surface area contributed by atoms with E-state index in [4.69, 9.17) is 10.5 Å². The van der Waals surface area contributed by atoms with E-state index in [9.17, 15) is 0 Å². The third-order valence-corrected chi connectivity index (χ3v) is 1.83. The lowest BCUT2D eigenvalue weighted by molar-refractivity contribution is 0.156. The quantitative estimate of drug-likeness (QED) is 0.632. The van der Waals surface area contributed by atoms with E-state index in [0.29, 0.717) is 0 Å². The van der Waals surface area contributed by atoms with E-state index in [1.165, 1.54) is 12.0 Å². The highest BCUT2D eigenvalue weighted by Gasteiger charge is 1.96. The molecule has 12 heavy (non-hydrogen) atoms. The van der Waals surface area contributed by atoms with E-state index in [0.717, 1.165) is 32.6 Å². The first-order chi connectivity index (χ1) is 5.93. The molecule has 0 radical (unpaired) electrons. The minimum Gasteiger partial charge on any atom is -0.377 e. The van der Waals surface area contributed by atoms with E-state index < -0.39 is 0 Å². The van der Waals surface area contributed by atoms with Gasteiger partial charge in [0.1, 0.15) is 0 Å². The van der Waals surface area contributed by atoms with Gasteiger partial charge in [-0.25, -0.2) is 0 Å². The highest BCUT2D eigenvalue weighted by Crippen LogP contribution is 2.09. The first-order valence-corrected chi connectivity index (χ1v) is 4.57. The molecule has 2 nitrogen and oxygen atoms in total. The van der Waals surface area contributed by atoms with Gasteiger partial charge >= 0.3 is 0 Å². The van der Waals surface area contributed by atoms with Crippen molar-refractivity contribution in [2.45, 2.75) is 19.3 Å². The molecule has 0 heterocycles. The molecule has 0 atom stereocenters. The van der Waals surface area contributed by atoms with Crippen molar-refractivity contribution in [2.75, 3.05) is 19.8 Å². The van der Waals surface area contributed by atoms with Gasteiger partial charge in [0, 0.05) is 6.61 Å². The Morgan fingerprint density at radius 3 is 3.00 bits per heavy atom. The van der Waals surface area contributed by atoms with Crippen molar-refractivity contribution in [3.63, 3.8) is 0 Å². The minimum atomic E-state index is 0.717. The van der Waals surface area contributed by atoms with Gasteiger partial charge < -0.3 is 10.5 Å². The van der Waals surface area contributed by atoms with Crippen LogP contribution in [0.4, 0.5) is 0 Å². The molecule has 0 aromatic carbocycles. The van der Waals surface area contributed by atoms with Crippen molar-refractivity contribution in [1.29, 1.82) is 0 Å². The van der Waals surface area contributed by atoms with Crippen LogP contribution in [0, 0.1) is 0 Å². The fourth-order valence-corrected chi connectivity index (χ4v) is 1.15. The summed E-state index contributed by atoms with van der Waals surface area (Å²) >= 11 is 0. The lowest BCUT2D eigenvalue weighted by Gasteiger charge is -2.07. The molecular weight excluding hydrogens is 150 g/mol. The van der Waals surface area contributed by atoms with Gasteiger partial charge in [-0.2, -0.15) is 0 Å². The van der Waals surface area contributed by atoms with Gasteiger partial charge in [-0.3, -0.25) is 0 Å². The second-order valence-corrected chi connectivity index (χ2v) is 2.95. The van der Waals surface area contributed by atoms with Crippen molar-refractivity contribution < 1.29 is 4.74 Å². The van der Waals surface area contributed by atoms with Crippen LogP contribution in [0.3, 0.4) is 0 Å². The SMILES string of the molecule is NCCCOCC1=CCCC=C1. The Morgan fingerprint density at radius 1 is 1.42 bits per heavy atom. The number of nitrogens with two attached hydrogens (primary N) is 1. The van der Waals surface area contributed by atoms with Crippen LogP contribution in [0.5, 0.6) is 0 Å². The van der Waals surface area contributed by atoms with Crippen LogP contribution in [-0.2, 0) is 4.74 Å². The Morgan fingerprint density at radius 2 is 2.33 bits per heavy atom. The summed E-state index contributed by atoms with van der Waals surface area (Å²) in [7, 11) is 0. The van der Waals surface area contributed by atoms with E-state index in [-0.39, 0.29) is 0 Å². The minimum absolute atomic E-state index is 0.717. The van der Waals surface area contributed by atoms with Crippen LogP contribution in [0.2, 0.25) is 0 Å². The van der Waals surface area contributed by atoms with Crippen LogP contribution in [-0.4, -0.2) is 19.8 Å². The van der Waals surface area contributed by atoms with E-state index in [1.54, 1.807) is 0 Å². The smallest absolute Gasteiger partial charge is 0.0713 e. The summed E-state index contributed by atoms with van der Waals surface area (Å²) in [6.45, 7) is 2.24. The molecule has 2 N–H and O–H groups in total. The fourth-order valence-electron chi connectivity index (χ4n) is 1.15. The molecule has 0 aromatic rings. The average Bonchev–Trinajstić information content (AvgIpc) is 2.14. The van der Waals surface area contributed by atoms with E-state index >= 15 is 0 Å². The zero-order valence-corrected chi connectivity index (χ0v) is 7.46. The standard InChI is InChI=1S/C10H17NO/c11-7-4-8-12-9-10-5-2-1-3-6-10/h2,5-6H,1,3-4,7-9,11H2. The van der Waals surface area contributed by atoms with Crippen LogP contribution in [0.25, 0.3) is 0 Å². The van der Waals surface area contributed by atoms with Crippen LogP contribution in [0.15, 0.2) is 23.8 Å². The molecule has 68 valence electrons. The molecular formula is C10H17NO. The predicted molar refractivity (Wildman–Crippen MR) is 50.9 cm³/mol. The van der Waals surface area contributed by atoms with Crippen molar-refractivity contribution >= 4 is 0 Å². The van der Waals surface area contributed by atoms with Gasteiger partial charge in [0.25, 0.3) is 0 Å². The molecule has 0 bridgehead atoms. The van der Waals surface area contributed by atoms with Gasteiger partial charge in [-0.15, -0.1) is 0 Å². The molecule has 1 rings (SSSR count). The Labute approximate surface area is 74.1 Å². The average molecular weight is 167 g/mol. The molecule has 0 saturated carbocycles. The zero-order valence-electron chi connectivity index (χ0n) is 7.46. The van der Waals surface area contributed by atoms with E-state index in [1.807, 2.05) is 0 Å². The summed E-state index contributed by atoms with van der Waals surface area (Å²) < 4.78 is 5.41. The first-order valence-electron chi connectivity index (χ1n) is 4.57. The van der Waals surface area contributed by atoms with Gasteiger partial charge in [-0.1, -0.05) is 18.2 Å². The molecule has 0 spiro atoms. The normalized spacial score (nSPS) is 16.2. The molecule has 2 heteroatoms. The van der Waals surface area contributed by atoms with Crippen LogP contribution < -0.4 is 5.73 Å². The van der Waals surface area contributed by atoms with Crippen LogP contribution >= 0.6 is 0 Å². The molecule has 0 fully saturated rings. The van der Waals surface area contributed by atoms with Crippen molar-refractivity contribution in [3.8, 4) is 0 Å². The van der Waals surface area contributed by atoms with Crippen molar-refractivity contribution in [2.24, 2.45) is 5.73 Å². The second kappa shape index (κ2) is 5.98. The van der Waals surface area contributed by atoms with Gasteiger partial charge in [-0.05, 0) is 31.4 Å². The third-order valence-electron chi connectivity index (χ3n) is 1.83. The van der Waals surface area contributed by atoms with Crippen LogP contribution in [0.1, 0.15) is 19.3 Å². The number of rotatable bonds is 5. The topological polar surface area (TPSA) is 35.2 Å². The Balaban J connectivity index is 2.06. The van der Waals surface area contributed by atoms with Gasteiger partial charge in [0.15, 0.2) is 0 Å². The third kappa shape index (κ3) is 3.69. The number of ether oxygens (including phenoxy) is 1. The molecule has 0 aliphatic heterocycles. The largest absolute Gasteiger partial charge is 0.377 e. The number of hydrogen-bond donors (Lipinski definition) is 1. The van der Waals surface area contributed by atoms with Crippen molar-refractivity contribution in [1.82, 2.24) is 0 Å². The Bertz CT molecular complexity index is 173. The lowest BCUT2D eigenvalue weighted by atomic mass is 10.1.